The number of carbonyl (C=O) groups is 1. The van der Waals surface area contributed by atoms with Crippen molar-refractivity contribution in [1.82, 2.24) is 0 Å². The van der Waals surface area contributed by atoms with E-state index in [1.54, 1.807) is 12.5 Å². The molecule has 1 heterocycles. The summed E-state index contributed by atoms with van der Waals surface area (Å²) in [4.78, 5) is 8.58. The molecule has 0 saturated heterocycles. The van der Waals surface area contributed by atoms with Gasteiger partial charge in [-0.3, -0.25) is 4.79 Å². The summed E-state index contributed by atoms with van der Waals surface area (Å²) in [6.45, 7) is 8.85. The molecular formula is C16H20N2O2. The van der Waals surface area contributed by atoms with Crippen molar-refractivity contribution in [3.05, 3.63) is 60.1 Å². The van der Waals surface area contributed by atoms with Crippen LogP contribution < -0.4 is 11.1 Å². The second-order valence-electron chi connectivity index (χ2n) is 4.43. The first-order chi connectivity index (χ1) is 9.58. The normalized spacial score (nSPS) is 9.30. The third kappa shape index (κ3) is 4.65. The maximum absolute atomic E-state index is 8.58. The van der Waals surface area contributed by atoms with Gasteiger partial charge in [-0.1, -0.05) is 24.3 Å². The van der Waals surface area contributed by atoms with E-state index < -0.39 is 0 Å². The number of hydrogen-bond acceptors (Lipinski definition) is 3. The van der Waals surface area contributed by atoms with Crippen molar-refractivity contribution < 1.29 is 9.21 Å². The summed E-state index contributed by atoms with van der Waals surface area (Å²) in [5.41, 5.74) is 9.94. The molecule has 0 spiro atoms. The molecule has 0 radical (unpaired) electrons. The van der Waals surface area contributed by atoms with Gasteiger partial charge in [0, 0.05) is 17.8 Å². The summed E-state index contributed by atoms with van der Waals surface area (Å²) < 4.78 is 5.04. The highest BCUT2D eigenvalue weighted by atomic mass is 16.3. The van der Waals surface area contributed by atoms with Gasteiger partial charge < -0.3 is 15.5 Å². The fraction of sp³-hybridized carbons (Fsp3) is 0.188. The van der Waals surface area contributed by atoms with Crippen molar-refractivity contribution in [3.8, 4) is 0 Å². The van der Waals surface area contributed by atoms with E-state index in [0.29, 0.717) is 0 Å². The van der Waals surface area contributed by atoms with Crippen LogP contribution >= 0.6 is 0 Å². The van der Waals surface area contributed by atoms with Gasteiger partial charge in [-0.25, -0.2) is 0 Å². The highest BCUT2D eigenvalue weighted by Crippen LogP contribution is 2.21. The zero-order valence-corrected chi connectivity index (χ0v) is 11.8. The quantitative estimate of drug-likeness (QED) is 0.839. The molecule has 0 fully saturated rings. The van der Waals surface area contributed by atoms with Crippen LogP contribution in [0.3, 0.4) is 0 Å². The van der Waals surface area contributed by atoms with E-state index in [4.69, 9.17) is 9.21 Å². The molecule has 1 amide bonds. The number of hydrogen-bond donors (Lipinski definition) is 2. The first-order valence-electron chi connectivity index (χ1n) is 6.25. The molecule has 0 unspecified atom stereocenters. The largest absolute Gasteiger partial charge is 0.472 e. The van der Waals surface area contributed by atoms with Crippen LogP contribution in [0.2, 0.25) is 0 Å². The van der Waals surface area contributed by atoms with Gasteiger partial charge in [-0.05, 0) is 37.1 Å². The lowest BCUT2D eigenvalue weighted by Gasteiger charge is -2.10. The summed E-state index contributed by atoms with van der Waals surface area (Å²) >= 11 is 0. The third-order valence-electron chi connectivity index (χ3n) is 2.79. The molecule has 1 aromatic carbocycles. The number of nitrogens with one attached hydrogen (secondary N) is 1. The van der Waals surface area contributed by atoms with Crippen LogP contribution in [0.25, 0.3) is 5.57 Å². The first kappa shape index (κ1) is 15.6. The van der Waals surface area contributed by atoms with Crippen LogP contribution in [0.4, 0.5) is 5.69 Å². The Bertz CT molecular complexity index is 560. The highest BCUT2D eigenvalue weighted by molar-refractivity contribution is 5.67. The Labute approximate surface area is 119 Å². The molecular weight excluding hydrogens is 252 g/mol. The summed E-state index contributed by atoms with van der Waals surface area (Å²) in [6.07, 6.45) is 3.69. The van der Waals surface area contributed by atoms with E-state index in [-0.39, 0.29) is 6.41 Å². The van der Waals surface area contributed by atoms with Gasteiger partial charge >= 0.3 is 0 Å². The standard InChI is InChI=1S/C15H17NO.CH3NO/c1-11(2)14-5-4-12(3)15(8-14)16-9-13-6-7-17-10-13;2-1-3/h4-8,10,16H,1,9H2,2-3H3;1H,(H2,2,3). The second-order valence-corrected chi connectivity index (χ2v) is 4.43. The number of benzene rings is 1. The minimum absolute atomic E-state index is 0.250. The molecule has 2 rings (SSSR count). The lowest BCUT2D eigenvalue weighted by Crippen LogP contribution is -2.00. The van der Waals surface area contributed by atoms with Crippen molar-refractivity contribution in [3.63, 3.8) is 0 Å². The molecule has 0 aliphatic heterocycles. The van der Waals surface area contributed by atoms with Crippen LogP contribution in [-0.2, 0) is 11.3 Å². The topological polar surface area (TPSA) is 68.3 Å². The minimum atomic E-state index is 0.250. The van der Waals surface area contributed by atoms with Crippen molar-refractivity contribution in [1.29, 1.82) is 0 Å². The van der Waals surface area contributed by atoms with Crippen LogP contribution in [-0.4, -0.2) is 6.41 Å². The Morgan fingerprint density at radius 3 is 2.70 bits per heavy atom. The molecule has 0 bridgehead atoms. The number of aryl methyl sites for hydroxylation is 1. The Hall–Kier alpha value is -2.49. The number of amides is 1. The Morgan fingerprint density at radius 1 is 1.45 bits per heavy atom. The molecule has 106 valence electrons. The molecule has 4 nitrogen and oxygen atoms in total. The molecule has 2 aromatic rings. The third-order valence-corrected chi connectivity index (χ3v) is 2.79. The maximum Gasteiger partial charge on any atom is 0.204 e. The van der Waals surface area contributed by atoms with Gasteiger partial charge in [-0.15, -0.1) is 0 Å². The van der Waals surface area contributed by atoms with Crippen molar-refractivity contribution in [2.75, 3.05) is 5.32 Å². The van der Waals surface area contributed by atoms with E-state index in [1.807, 2.05) is 13.0 Å². The number of nitrogens with two attached hydrogens (primary N) is 1. The number of primary amides is 1. The monoisotopic (exact) mass is 272 g/mol. The molecule has 20 heavy (non-hydrogen) atoms. The van der Waals surface area contributed by atoms with Gasteiger partial charge in [0.15, 0.2) is 0 Å². The van der Waals surface area contributed by atoms with E-state index in [2.05, 4.69) is 42.8 Å². The number of allylic oxidation sites excluding steroid dienone is 1. The van der Waals surface area contributed by atoms with Crippen LogP contribution in [0, 0.1) is 6.92 Å². The van der Waals surface area contributed by atoms with Crippen molar-refractivity contribution in [2.24, 2.45) is 5.73 Å². The lowest BCUT2D eigenvalue weighted by atomic mass is 10.1. The number of anilines is 1. The highest BCUT2D eigenvalue weighted by Gasteiger charge is 2.01. The fourth-order valence-electron chi connectivity index (χ4n) is 1.67. The molecule has 0 saturated carbocycles. The average molecular weight is 272 g/mol. The zero-order valence-electron chi connectivity index (χ0n) is 11.8. The molecule has 0 aliphatic carbocycles. The fourth-order valence-corrected chi connectivity index (χ4v) is 1.67. The lowest BCUT2D eigenvalue weighted by molar-refractivity contribution is -0.106. The van der Waals surface area contributed by atoms with Gasteiger partial charge in [0.2, 0.25) is 6.41 Å². The summed E-state index contributed by atoms with van der Waals surface area (Å²) in [7, 11) is 0. The van der Waals surface area contributed by atoms with E-state index >= 15 is 0 Å². The van der Waals surface area contributed by atoms with Gasteiger partial charge in [0.25, 0.3) is 0 Å². The number of carbonyl (C=O) groups excluding carboxylic acids is 1. The summed E-state index contributed by atoms with van der Waals surface area (Å²) in [5, 5.41) is 3.41. The van der Waals surface area contributed by atoms with Crippen LogP contribution in [0.5, 0.6) is 0 Å². The number of furan rings is 1. The maximum atomic E-state index is 8.58. The molecule has 1 aromatic heterocycles. The predicted octanol–water partition coefficient (Wildman–Crippen LogP) is 3.33. The van der Waals surface area contributed by atoms with Gasteiger partial charge in [-0.2, -0.15) is 0 Å². The first-order valence-corrected chi connectivity index (χ1v) is 6.25. The second kappa shape index (κ2) is 7.84. The minimum Gasteiger partial charge on any atom is -0.472 e. The van der Waals surface area contributed by atoms with E-state index in [9.17, 15) is 0 Å². The van der Waals surface area contributed by atoms with E-state index in [1.165, 1.54) is 11.1 Å². The van der Waals surface area contributed by atoms with E-state index in [0.717, 1.165) is 23.4 Å². The Morgan fingerprint density at radius 2 is 2.15 bits per heavy atom. The molecule has 4 heteroatoms. The zero-order chi connectivity index (χ0) is 15.0. The van der Waals surface area contributed by atoms with Gasteiger partial charge in [0.1, 0.15) is 0 Å². The predicted molar refractivity (Wildman–Crippen MR) is 82.2 cm³/mol. The SMILES string of the molecule is C=C(C)c1ccc(C)c(NCc2ccoc2)c1.NC=O. The summed E-state index contributed by atoms with van der Waals surface area (Å²) in [6, 6.07) is 8.31. The molecule has 0 aliphatic rings. The van der Waals surface area contributed by atoms with Crippen molar-refractivity contribution in [2.45, 2.75) is 20.4 Å². The molecule has 0 atom stereocenters. The van der Waals surface area contributed by atoms with Crippen LogP contribution in [0.1, 0.15) is 23.6 Å². The average Bonchev–Trinajstić information content (AvgIpc) is 2.91. The smallest absolute Gasteiger partial charge is 0.204 e. The number of rotatable bonds is 4. The Kier molecular flexibility index (Phi) is 6.10. The molecule has 3 N–H and O–H groups in total. The Balaban J connectivity index is 0.000000612. The van der Waals surface area contributed by atoms with Crippen LogP contribution in [0.15, 0.2) is 47.8 Å². The van der Waals surface area contributed by atoms with Gasteiger partial charge in [0.05, 0.1) is 12.5 Å². The summed E-state index contributed by atoms with van der Waals surface area (Å²) in [5.74, 6) is 0. The van der Waals surface area contributed by atoms with Crippen molar-refractivity contribution >= 4 is 17.7 Å².